The Labute approximate surface area is 151 Å². The second kappa shape index (κ2) is 8.46. The molecule has 0 bridgehead atoms. The lowest BCUT2D eigenvalue weighted by Gasteiger charge is -2.04. The molecular weight excluding hydrogens is 362 g/mol. The molecule has 8 heteroatoms. The lowest BCUT2D eigenvalue weighted by Crippen LogP contribution is -2.10. The zero-order chi connectivity index (χ0) is 18.3. The van der Waals surface area contributed by atoms with Crippen LogP contribution in [0.5, 0.6) is 0 Å². The third-order valence-corrected chi connectivity index (χ3v) is 5.44. The highest BCUT2D eigenvalue weighted by Gasteiger charge is 2.18. The van der Waals surface area contributed by atoms with Crippen LogP contribution in [0.2, 0.25) is 0 Å². The summed E-state index contributed by atoms with van der Waals surface area (Å²) in [4.78, 5) is 0.0883. The Morgan fingerprint density at radius 3 is 2.36 bits per heavy atom. The summed E-state index contributed by atoms with van der Waals surface area (Å²) in [5.74, 6) is 0. The predicted molar refractivity (Wildman–Crippen MR) is 98.7 cm³/mol. The average molecular weight is 378 g/mol. The maximum absolute atomic E-state index is 12.4. The van der Waals surface area contributed by atoms with Gasteiger partial charge in [0, 0.05) is 5.56 Å². The predicted octanol–water partition coefficient (Wildman–Crippen LogP) is 3.26. The number of halogens is 1. The van der Waals surface area contributed by atoms with E-state index in [4.69, 9.17) is 16.8 Å². The molecule has 0 radical (unpaired) electrons. The molecule has 0 atom stereocenters. The monoisotopic (exact) mass is 377 g/mol. The van der Waals surface area contributed by atoms with Crippen LogP contribution in [0.15, 0.2) is 80.3 Å². The molecule has 0 saturated heterocycles. The van der Waals surface area contributed by atoms with Crippen LogP contribution in [0, 0.1) is 6.92 Å². The molecule has 2 aromatic rings. The highest BCUT2D eigenvalue weighted by Crippen LogP contribution is 2.21. The molecule has 0 aromatic heterocycles. The van der Waals surface area contributed by atoms with E-state index in [2.05, 4.69) is 15.7 Å². The van der Waals surface area contributed by atoms with Crippen LogP contribution < -0.4 is 5.43 Å². The standard InChI is InChI=1S/C17H16ClN3O3S/c1-13-7-9-15(10-8-13)25(23,24)17(18)12-19-21-16(11-20-22)14-5-3-2-4-6-14/h2-12,19,22H,1H3/b17-12+,20-11+,21-16+. The molecule has 25 heavy (non-hydrogen) atoms. The summed E-state index contributed by atoms with van der Waals surface area (Å²) in [6.07, 6.45) is 2.18. The van der Waals surface area contributed by atoms with Gasteiger partial charge in [0.2, 0.25) is 9.84 Å². The summed E-state index contributed by atoms with van der Waals surface area (Å²) in [5, 5.41) is 15.7. The molecule has 0 unspecified atom stereocenters. The maximum Gasteiger partial charge on any atom is 0.218 e. The van der Waals surface area contributed by atoms with Crippen LogP contribution in [0.1, 0.15) is 11.1 Å². The van der Waals surface area contributed by atoms with Gasteiger partial charge in [-0.25, -0.2) is 8.42 Å². The Morgan fingerprint density at radius 1 is 1.12 bits per heavy atom. The summed E-state index contributed by atoms with van der Waals surface area (Å²) in [6, 6.07) is 15.3. The van der Waals surface area contributed by atoms with Gasteiger partial charge in [0.05, 0.1) is 17.3 Å². The fraction of sp³-hybridized carbons (Fsp3) is 0.0588. The minimum Gasteiger partial charge on any atom is -0.411 e. The number of hydrazone groups is 1. The third-order valence-electron chi connectivity index (χ3n) is 3.20. The van der Waals surface area contributed by atoms with Gasteiger partial charge in [-0.2, -0.15) is 5.10 Å². The number of nitrogens with zero attached hydrogens (tertiary/aromatic N) is 2. The fourth-order valence-corrected chi connectivity index (χ4v) is 3.14. The molecular formula is C17H16ClN3O3S. The Balaban J connectivity index is 2.23. The number of oxime groups is 1. The van der Waals surface area contributed by atoms with Crippen molar-refractivity contribution in [2.45, 2.75) is 11.8 Å². The first-order valence-electron chi connectivity index (χ1n) is 7.18. The molecule has 0 saturated carbocycles. The van der Waals surface area contributed by atoms with E-state index in [0.29, 0.717) is 11.3 Å². The van der Waals surface area contributed by atoms with Crippen molar-refractivity contribution in [3.63, 3.8) is 0 Å². The van der Waals surface area contributed by atoms with Gasteiger partial charge in [0.25, 0.3) is 0 Å². The lowest BCUT2D eigenvalue weighted by molar-refractivity contribution is 0.322. The molecule has 0 aliphatic heterocycles. The van der Waals surface area contributed by atoms with E-state index in [0.717, 1.165) is 18.0 Å². The van der Waals surface area contributed by atoms with Gasteiger partial charge >= 0.3 is 0 Å². The first kappa shape index (κ1) is 18.7. The number of aryl methyl sites for hydroxylation is 1. The molecule has 2 N–H and O–H groups in total. The molecule has 2 aromatic carbocycles. The van der Waals surface area contributed by atoms with Gasteiger partial charge in [-0.1, -0.05) is 64.8 Å². The van der Waals surface area contributed by atoms with Gasteiger partial charge in [0.1, 0.15) is 5.71 Å². The van der Waals surface area contributed by atoms with Crippen molar-refractivity contribution in [1.82, 2.24) is 5.43 Å². The summed E-state index contributed by atoms with van der Waals surface area (Å²) in [7, 11) is -3.82. The van der Waals surface area contributed by atoms with E-state index in [9.17, 15) is 8.42 Å². The van der Waals surface area contributed by atoms with Crippen molar-refractivity contribution in [3.8, 4) is 0 Å². The molecule has 130 valence electrons. The van der Waals surface area contributed by atoms with Crippen molar-refractivity contribution in [2.24, 2.45) is 10.3 Å². The third kappa shape index (κ3) is 4.91. The van der Waals surface area contributed by atoms with Crippen LogP contribution in [0.3, 0.4) is 0 Å². The van der Waals surface area contributed by atoms with Gasteiger partial charge in [-0.05, 0) is 19.1 Å². The normalized spacial score (nSPS) is 13.2. The van der Waals surface area contributed by atoms with Crippen molar-refractivity contribution >= 4 is 33.4 Å². The van der Waals surface area contributed by atoms with Crippen LogP contribution >= 0.6 is 11.6 Å². The van der Waals surface area contributed by atoms with Crippen LogP contribution in [0.25, 0.3) is 0 Å². The summed E-state index contributed by atoms with van der Waals surface area (Å²) >= 11 is 5.91. The maximum atomic E-state index is 12.4. The second-order valence-electron chi connectivity index (χ2n) is 5.00. The van der Waals surface area contributed by atoms with E-state index in [1.54, 1.807) is 36.4 Å². The Hall–Kier alpha value is -2.64. The molecule has 0 heterocycles. The van der Waals surface area contributed by atoms with Crippen LogP contribution in [-0.2, 0) is 9.84 Å². The Bertz CT molecular complexity index is 906. The van der Waals surface area contributed by atoms with Gasteiger partial charge in [-0.15, -0.1) is 0 Å². The van der Waals surface area contributed by atoms with E-state index in [1.807, 2.05) is 13.0 Å². The zero-order valence-electron chi connectivity index (χ0n) is 13.3. The van der Waals surface area contributed by atoms with E-state index >= 15 is 0 Å². The smallest absolute Gasteiger partial charge is 0.218 e. The number of sulfone groups is 1. The lowest BCUT2D eigenvalue weighted by atomic mass is 10.1. The molecule has 0 fully saturated rings. The van der Waals surface area contributed by atoms with Crippen molar-refractivity contribution in [2.75, 3.05) is 0 Å². The molecule has 0 spiro atoms. The first-order chi connectivity index (χ1) is 11.9. The fourth-order valence-electron chi connectivity index (χ4n) is 1.89. The number of hydrogen-bond donors (Lipinski definition) is 2. The minimum absolute atomic E-state index is 0.0883. The molecule has 0 aliphatic carbocycles. The number of benzene rings is 2. The van der Waals surface area contributed by atoms with Crippen LogP contribution in [-0.4, -0.2) is 25.6 Å². The second-order valence-corrected chi connectivity index (χ2v) is 7.55. The highest BCUT2D eigenvalue weighted by molar-refractivity contribution is 7.96. The summed E-state index contributed by atoms with van der Waals surface area (Å²) < 4.78 is 24.3. The van der Waals surface area contributed by atoms with Crippen molar-refractivity contribution < 1.29 is 13.6 Å². The quantitative estimate of drug-likeness (QED) is 0.459. The summed E-state index contributed by atoms with van der Waals surface area (Å²) in [5.41, 5.74) is 4.39. The van der Waals surface area contributed by atoms with Gasteiger partial charge in [-0.3, -0.25) is 5.43 Å². The van der Waals surface area contributed by atoms with E-state index in [1.165, 1.54) is 12.1 Å². The average Bonchev–Trinajstić information content (AvgIpc) is 2.62. The van der Waals surface area contributed by atoms with E-state index < -0.39 is 14.2 Å². The minimum atomic E-state index is -3.82. The van der Waals surface area contributed by atoms with Crippen molar-refractivity contribution in [3.05, 3.63) is 76.3 Å². The Kier molecular flexibility index (Phi) is 6.32. The van der Waals surface area contributed by atoms with E-state index in [-0.39, 0.29) is 4.90 Å². The SMILES string of the molecule is Cc1ccc(S(=O)(=O)/C(Cl)=C/N/N=C(\C=N\O)c2ccccc2)cc1. The molecule has 0 amide bonds. The highest BCUT2D eigenvalue weighted by atomic mass is 35.5. The van der Waals surface area contributed by atoms with Gasteiger partial charge < -0.3 is 5.21 Å². The van der Waals surface area contributed by atoms with Gasteiger partial charge in [0.15, 0.2) is 4.36 Å². The number of nitrogens with one attached hydrogen (secondary N) is 1. The van der Waals surface area contributed by atoms with Crippen LogP contribution in [0.4, 0.5) is 0 Å². The Morgan fingerprint density at radius 2 is 1.76 bits per heavy atom. The molecule has 0 aliphatic rings. The number of hydrogen-bond acceptors (Lipinski definition) is 6. The largest absolute Gasteiger partial charge is 0.411 e. The van der Waals surface area contributed by atoms with Crippen molar-refractivity contribution in [1.29, 1.82) is 0 Å². The molecule has 6 nitrogen and oxygen atoms in total. The topological polar surface area (TPSA) is 91.1 Å². The summed E-state index contributed by atoms with van der Waals surface area (Å²) in [6.45, 7) is 1.86. The molecule has 2 rings (SSSR count). The number of rotatable bonds is 6. The zero-order valence-corrected chi connectivity index (χ0v) is 14.9. The first-order valence-corrected chi connectivity index (χ1v) is 9.05.